The summed E-state index contributed by atoms with van der Waals surface area (Å²) >= 11 is 1.78. The number of aromatic nitrogens is 1. The van der Waals surface area contributed by atoms with Crippen molar-refractivity contribution in [3.63, 3.8) is 0 Å². The van der Waals surface area contributed by atoms with E-state index in [4.69, 9.17) is 0 Å². The van der Waals surface area contributed by atoms with Crippen LogP contribution in [0.25, 0.3) is 0 Å². The molecule has 1 aliphatic heterocycles. The Labute approximate surface area is 115 Å². The normalized spacial score (nSPS) is 18.3. The van der Waals surface area contributed by atoms with E-state index in [2.05, 4.69) is 29.0 Å². The van der Waals surface area contributed by atoms with Crippen LogP contribution in [0.5, 0.6) is 0 Å². The van der Waals surface area contributed by atoms with E-state index in [1.807, 2.05) is 5.51 Å². The second kappa shape index (κ2) is 7.22. The van der Waals surface area contributed by atoms with Crippen LogP contribution in [-0.4, -0.2) is 42.1 Å². The van der Waals surface area contributed by atoms with Crippen LogP contribution in [0.1, 0.15) is 36.8 Å². The second-order valence-corrected chi connectivity index (χ2v) is 6.12. The van der Waals surface area contributed by atoms with Crippen LogP contribution in [0.4, 0.5) is 0 Å². The Balaban J connectivity index is 1.62. The number of rotatable bonds is 6. The van der Waals surface area contributed by atoms with Crippen molar-refractivity contribution in [1.82, 2.24) is 15.2 Å². The molecule has 0 radical (unpaired) electrons. The Morgan fingerprint density at radius 3 is 2.83 bits per heavy atom. The first kappa shape index (κ1) is 14.0. The fourth-order valence-electron chi connectivity index (χ4n) is 2.63. The summed E-state index contributed by atoms with van der Waals surface area (Å²) < 4.78 is 0. The standard InChI is InChI=1S/C14H25N3S/c1-3-8-17-9-5-13(6-10-17)15-7-4-14-12(2)16-11-18-14/h11,13,15H,3-10H2,1-2H3. The van der Waals surface area contributed by atoms with Gasteiger partial charge in [0.1, 0.15) is 0 Å². The summed E-state index contributed by atoms with van der Waals surface area (Å²) in [5.41, 5.74) is 3.16. The molecule has 0 atom stereocenters. The molecule has 3 nitrogen and oxygen atoms in total. The van der Waals surface area contributed by atoms with Crippen molar-refractivity contribution in [2.75, 3.05) is 26.2 Å². The molecule has 18 heavy (non-hydrogen) atoms. The topological polar surface area (TPSA) is 28.2 Å². The second-order valence-electron chi connectivity index (χ2n) is 5.18. The molecule has 0 aromatic carbocycles. The molecule has 0 amide bonds. The molecule has 0 aliphatic carbocycles. The van der Waals surface area contributed by atoms with Crippen molar-refractivity contribution in [3.8, 4) is 0 Å². The molecule has 1 N–H and O–H groups in total. The molecule has 0 unspecified atom stereocenters. The Hall–Kier alpha value is -0.450. The number of thiazole rings is 1. The summed E-state index contributed by atoms with van der Waals surface area (Å²) in [6, 6.07) is 0.728. The summed E-state index contributed by atoms with van der Waals surface area (Å²) in [6.45, 7) is 9.28. The fraction of sp³-hybridized carbons (Fsp3) is 0.786. The van der Waals surface area contributed by atoms with E-state index in [-0.39, 0.29) is 0 Å². The summed E-state index contributed by atoms with van der Waals surface area (Å²) in [5, 5.41) is 3.70. The molecule has 4 heteroatoms. The van der Waals surface area contributed by atoms with Crippen LogP contribution in [-0.2, 0) is 6.42 Å². The van der Waals surface area contributed by atoms with E-state index >= 15 is 0 Å². The summed E-state index contributed by atoms with van der Waals surface area (Å²) in [7, 11) is 0. The lowest BCUT2D eigenvalue weighted by molar-refractivity contribution is 0.198. The van der Waals surface area contributed by atoms with Gasteiger partial charge in [0.15, 0.2) is 0 Å². The summed E-state index contributed by atoms with van der Waals surface area (Å²) in [6.07, 6.45) is 5.03. The lowest BCUT2D eigenvalue weighted by Crippen LogP contribution is -2.43. The molecule has 1 aromatic heterocycles. The van der Waals surface area contributed by atoms with Gasteiger partial charge < -0.3 is 10.2 Å². The van der Waals surface area contributed by atoms with Crippen LogP contribution in [0.3, 0.4) is 0 Å². The number of nitrogens with one attached hydrogen (secondary N) is 1. The van der Waals surface area contributed by atoms with Gasteiger partial charge in [-0.2, -0.15) is 0 Å². The van der Waals surface area contributed by atoms with E-state index in [0.29, 0.717) is 0 Å². The average molecular weight is 267 g/mol. The molecule has 2 heterocycles. The van der Waals surface area contributed by atoms with Crippen LogP contribution < -0.4 is 5.32 Å². The Kier molecular flexibility index (Phi) is 5.60. The van der Waals surface area contributed by atoms with Gasteiger partial charge in [0.25, 0.3) is 0 Å². The molecule has 1 fully saturated rings. The molecular weight excluding hydrogens is 242 g/mol. The van der Waals surface area contributed by atoms with Crippen LogP contribution >= 0.6 is 11.3 Å². The predicted octanol–water partition coefficient (Wildman–Crippen LogP) is 2.46. The highest BCUT2D eigenvalue weighted by Crippen LogP contribution is 2.13. The fourth-order valence-corrected chi connectivity index (χ4v) is 3.41. The smallest absolute Gasteiger partial charge is 0.0797 e. The number of piperidine rings is 1. The van der Waals surface area contributed by atoms with Gasteiger partial charge in [0.2, 0.25) is 0 Å². The zero-order valence-corrected chi connectivity index (χ0v) is 12.4. The molecule has 0 saturated carbocycles. The van der Waals surface area contributed by atoms with E-state index in [1.165, 1.54) is 49.5 Å². The molecule has 102 valence electrons. The zero-order valence-electron chi connectivity index (χ0n) is 11.6. The maximum Gasteiger partial charge on any atom is 0.0797 e. The van der Waals surface area contributed by atoms with Gasteiger partial charge in [-0.3, -0.25) is 0 Å². The van der Waals surface area contributed by atoms with Gasteiger partial charge in [-0.05, 0) is 52.2 Å². The molecule has 0 bridgehead atoms. The predicted molar refractivity (Wildman–Crippen MR) is 78.3 cm³/mol. The van der Waals surface area contributed by atoms with Crippen molar-refractivity contribution in [2.24, 2.45) is 0 Å². The minimum Gasteiger partial charge on any atom is -0.314 e. The molecular formula is C14H25N3S. The maximum absolute atomic E-state index is 4.30. The zero-order chi connectivity index (χ0) is 12.8. The van der Waals surface area contributed by atoms with E-state index < -0.39 is 0 Å². The van der Waals surface area contributed by atoms with Gasteiger partial charge in [0, 0.05) is 17.5 Å². The minimum absolute atomic E-state index is 0.728. The average Bonchev–Trinajstić information content (AvgIpc) is 2.78. The van der Waals surface area contributed by atoms with E-state index in [1.54, 1.807) is 11.3 Å². The minimum atomic E-state index is 0.728. The van der Waals surface area contributed by atoms with Gasteiger partial charge in [-0.15, -0.1) is 11.3 Å². The molecule has 1 aromatic rings. The first-order valence-electron chi connectivity index (χ1n) is 7.14. The number of hydrogen-bond acceptors (Lipinski definition) is 4. The first-order chi connectivity index (χ1) is 8.79. The molecule has 1 aliphatic rings. The number of aryl methyl sites for hydroxylation is 1. The Bertz CT molecular complexity index is 343. The maximum atomic E-state index is 4.30. The Morgan fingerprint density at radius 1 is 1.44 bits per heavy atom. The third kappa shape index (κ3) is 4.04. The van der Waals surface area contributed by atoms with Crippen LogP contribution in [0.2, 0.25) is 0 Å². The van der Waals surface area contributed by atoms with Crippen LogP contribution in [0.15, 0.2) is 5.51 Å². The van der Waals surface area contributed by atoms with Crippen molar-refractivity contribution < 1.29 is 0 Å². The number of likely N-dealkylation sites (tertiary alicyclic amines) is 1. The van der Waals surface area contributed by atoms with Gasteiger partial charge in [-0.25, -0.2) is 4.98 Å². The van der Waals surface area contributed by atoms with Gasteiger partial charge in [0.05, 0.1) is 11.2 Å². The lowest BCUT2D eigenvalue weighted by Gasteiger charge is -2.32. The van der Waals surface area contributed by atoms with E-state index in [9.17, 15) is 0 Å². The Morgan fingerprint density at radius 2 is 2.22 bits per heavy atom. The molecule has 0 spiro atoms. The highest BCUT2D eigenvalue weighted by molar-refractivity contribution is 7.09. The van der Waals surface area contributed by atoms with Crippen molar-refractivity contribution in [2.45, 2.75) is 45.6 Å². The highest BCUT2D eigenvalue weighted by Gasteiger charge is 2.17. The number of nitrogens with zero attached hydrogens (tertiary/aromatic N) is 2. The summed E-state index contributed by atoms with van der Waals surface area (Å²) in [5.74, 6) is 0. The highest BCUT2D eigenvalue weighted by atomic mass is 32.1. The molecule has 1 saturated heterocycles. The van der Waals surface area contributed by atoms with Gasteiger partial charge >= 0.3 is 0 Å². The third-order valence-corrected chi connectivity index (χ3v) is 4.75. The van der Waals surface area contributed by atoms with Crippen LogP contribution in [0, 0.1) is 6.92 Å². The summed E-state index contributed by atoms with van der Waals surface area (Å²) in [4.78, 5) is 8.32. The van der Waals surface area contributed by atoms with E-state index in [0.717, 1.165) is 19.0 Å². The van der Waals surface area contributed by atoms with Gasteiger partial charge in [-0.1, -0.05) is 6.92 Å². The quantitative estimate of drug-likeness (QED) is 0.858. The first-order valence-corrected chi connectivity index (χ1v) is 8.02. The monoisotopic (exact) mass is 267 g/mol. The molecule has 2 rings (SSSR count). The lowest BCUT2D eigenvalue weighted by atomic mass is 10.0. The van der Waals surface area contributed by atoms with Crippen molar-refractivity contribution >= 4 is 11.3 Å². The number of hydrogen-bond donors (Lipinski definition) is 1. The SMILES string of the molecule is CCCN1CCC(NCCc2scnc2C)CC1. The third-order valence-electron chi connectivity index (χ3n) is 3.76. The van der Waals surface area contributed by atoms with Crippen molar-refractivity contribution in [3.05, 3.63) is 16.1 Å². The van der Waals surface area contributed by atoms with Crippen molar-refractivity contribution in [1.29, 1.82) is 0 Å². The largest absolute Gasteiger partial charge is 0.314 e.